The molecule has 2 saturated heterocycles. The number of nitrogens with zero attached hydrogens (tertiary/aromatic N) is 2. The Labute approximate surface area is 290 Å². The summed E-state index contributed by atoms with van der Waals surface area (Å²) in [5.74, 6) is -1.28. The van der Waals surface area contributed by atoms with Gasteiger partial charge in [-0.25, -0.2) is 9.69 Å². The monoisotopic (exact) mass is 670 g/mol. The summed E-state index contributed by atoms with van der Waals surface area (Å²) in [6.07, 6.45) is 4.00. The second-order valence-corrected chi connectivity index (χ2v) is 15.5. The fourth-order valence-electron chi connectivity index (χ4n) is 8.60. The Bertz CT molecular complexity index is 1540. The molecule has 0 spiro atoms. The van der Waals surface area contributed by atoms with Gasteiger partial charge in [0, 0.05) is 12.1 Å². The molecule has 0 aromatic heterocycles. The Morgan fingerprint density at radius 2 is 1.65 bits per heavy atom. The molecule has 10 nitrogen and oxygen atoms in total. The minimum absolute atomic E-state index is 0.0357. The third-order valence-electron chi connectivity index (χ3n) is 11.8. The molecule has 2 aliphatic heterocycles. The lowest BCUT2D eigenvalue weighted by atomic mass is 9.43. The van der Waals surface area contributed by atoms with E-state index in [0.717, 1.165) is 29.7 Å². The summed E-state index contributed by atoms with van der Waals surface area (Å²) >= 11 is 0. The number of benzene rings is 2. The smallest absolute Gasteiger partial charge is 0.404 e. The number of hydrogen-bond acceptors (Lipinski definition) is 6. The summed E-state index contributed by atoms with van der Waals surface area (Å²) in [7, 11) is -0.629. The number of urea groups is 1. The van der Waals surface area contributed by atoms with Crippen molar-refractivity contribution in [3.05, 3.63) is 71.8 Å². The molecule has 0 radical (unpaired) electrons. The topological polar surface area (TPSA) is 117 Å². The van der Waals surface area contributed by atoms with Crippen LogP contribution in [0.3, 0.4) is 0 Å². The van der Waals surface area contributed by atoms with Crippen LogP contribution >= 0.6 is 0 Å². The summed E-state index contributed by atoms with van der Waals surface area (Å²) in [5, 5.41) is 5.96. The van der Waals surface area contributed by atoms with Gasteiger partial charge in [-0.2, -0.15) is 0 Å². The van der Waals surface area contributed by atoms with Crippen LogP contribution in [-0.4, -0.2) is 83.5 Å². The van der Waals surface area contributed by atoms with Crippen molar-refractivity contribution in [2.75, 3.05) is 13.1 Å². The summed E-state index contributed by atoms with van der Waals surface area (Å²) in [6, 6.07) is 16.0. The van der Waals surface area contributed by atoms with Crippen LogP contribution in [0.5, 0.6) is 0 Å². The van der Waals surface area contributed by atoms with E-state index >= 15 is 0 Å². The highest BCUT2D eigenvalue weighted by atomic mass is 16.7. The molecule has 11 heteroatoms. The Morgan fingerprint density at radius 3 is 2.29 bits per heavy atom. The molecular formula is C38H51BN4O6. The standard InChI is InChI=1S/C38H51BN4O6/c1-7-31(39-48-30-22-27-21-29(37(27,4)5)38(30,6)49-39)40-34(45)28-23-42(20-14-17-25-15-10-8-11-16-25)36(47)43(28)35(46)32(24(2)3)41-33(44)26-18-12-9-13-19-26/h8-13,15-16,18-19,24,27-32H,7,14,17,20-23H2,1-6H3,(H,40,45)(H,41,44)/t27?,28-,29?,30+,31-,32-,38-/m0/s1. The minimum Gasteiger partial charge on any atom is -0.404 e. The first-order valence-corrected chi connectivity index (χ1v) is 18.0. The van der Waals surface area contributed by atoms with Crippen LogP contribution in [0.15, 0.2) is 60.7 Å². The quantitative estimate of drug-likeness (QED) is 0.312. The number of imide groups is 1. The van der Waals surface area contributed by atoms with Crippen molar-refractivity contribution in [1.82, 2.24) is 20.4 Å². The maximum absolute atomic E-state index is 14.3. The number of nitrogens with one attached hydrogen (secondary N) is 2. The Kier molecular flexibility index (Phi) is 9.97. The number of carbonyl (C=O) groups excluding carboxylic acids is 4. The van der Waals surface area contributed by atoms with E-state index in [1.165, 1.54) is 0 Å². The van der Waals surface area contributed by atoms with Crippen molar-refractivity contribution in [2.45, 2.75) is 103 Å². The third kappa shape index (κ3) is 6.64. The fourth-order valence-corrected chi connectivity index (χ4v) is 8.60. The lowest BCUT2D eigenvalue weighted by Crippen LogP contribution is -2.65. The third-order valence-corrected chi connectivity index (χ3v) is 11.8. The summed E-state index contributed by atoms with van der Waals surface area (Å²) in [4.78, 5) is 58.3. The molecular weight excluding hydrogens is 619 g/mol. The molecule has 5 amide bonds. The van der Waals surface area contributed by atoms with E-state index in [0.29, 0.717) is 36.8 Å². The largest absolute Gasteiger partial charge is 0.481 e. The average Bonchev–Trinajstić information content (AvgIpc) is 3.62. The van der Waals surface area contributed by atoms with Crippen molar-refractivity contribution in [3.63, 3.8) is 0 Å². The van der Waals surface area contributed by atoms with E-state index < -0.39 is 54.5 Å². The van der Waals surface area contributed by atoms with Crippen LogP contribution in [0.4, 0.5) is 4.79 Å². The van der Waals surface area contributed by atoms with E-state index in [2.05, 4.69) is 31.4 Å². The van der Waals surface area contributed by atoms with Crippen molar-refractivity contribution in [3.8, 4) is 0 Å². The van der Waals surface area contributed by atoms with Crippen LogP contribution in [-0.2, 0) is 25.3 Å². The first-order valence-electron chi connectivity index (χ1n) is 18.0. The summed E-state index contributed by atoms with van der Waals surface area (Å²) in [5.41, 5.74) is 1.32. The van der Waals surface area contributed by atoms with Crippen LogP contribution in [0.1, 0.15) is 83.1 Å². The van der Waals surface area contributed by atoms with E-state index in [1.807, 2.05) is 57.2 Å². The van der Waals surface area contributed by atoms with Crippen molar-refractivity contribution in [1.29, 1.82) is 0 Å². The zero-order valence-electron chi connectivity index (χ0n) is 29.7. The molecule has 2 aromatic rings. The SMILES string of the molecule is CC[C@H](NC(=O)[C@@H]1CN(CCCc2ccccc2)C(=O)N1C(=O)[C@@H](NC(=O)c1ccccc1)C(C)C)B1O[C@@H]2CC3CC(C3(C)C)[C@]2(C)O1. The average molecular weight is 671 g/mol. The zero-order valence-corrected chi connectivity index (χ0v) is 29.7. The van der Waals surface area contributed by atoms with E-state index in [1.54, 1.807) is 29.2 Å². The molecule has 49 heavy (non-hydrogen) atoms. The lowest BCUT2D eigenvalue weighted by molar-refractivity contribution is -0.199. The van der Waals surface area contributed by atoms with E-state index in [-0.39, 0.29) is 24.0 Å². The molecule has 3 saturated carbocycles. The summed E-state index contributed by atoms with van der Waals surface area (Å²) < 4.78 is 13.2. The van der Waals surface area contributed by atoms with Gasteiger partial charge in [-0.1, -0.05) is 83.1 Å². The fraction of sp³-hybridized carbons (Fsp3) is 0.579. The molecule has 2 N–H and O–H groups in total. The number of hydrogen-bond donors (Lipinski definition) is 2. The maximum atomic E-state index is 14.3. The predicted molar refractivity (Wildman–Crippen MR) is 187 cm³/mol. The van der Waals surface area contributed by atoms with Gasteiger partial charge in [0.15, 0.2) is 0 Å². The molecule has 2 unspecified atom stereocenters. The Balaban J connectivity index is 1.19. The molecule has 3 aliphatic carbocycles. The van der Waals surface area contributed by atoms with Gasteiger partial charge in [0.2, 0.25) is 5.91 Å². The van der Waals surface area contributed by atoms with E-state index in [9.17, 15) is 19.2 Å². The van der Waals surface area contributed by atoms with Crippen LogP contribution in [0, 0.1) is 23.2 Å². The zero-order chi connectivity index (χ0) is 35.1. The van der Waals surface area contributed by atoms with Gasteiger partial charge >= 0.3 is 13.1 Å². The highest BCUT2D eigenvalue weighted by molar-refractivity contribution is 6.48. The lowest BCUT2D eigenvalue weighted by Gasteiger charge is -2.64. The van der Waals surface area contributed by atoms with Gasteiger partial charge in [-0.05, 0) is 79.9 Å². The van der Waals surface area contributed by atoms with Gasteiger partial charge in [-0.15, -0.1) is 0 Å². The van der Waals surface area contributed by atoms with Crippen molar-refractivity contribution < 1.29 is 28.5 Å². The molecule has 2 heterocycles. The van der Waals surface area contributed by atoms with Crippen LogP contribution in [0.2, 0.25) is 0 Å². The van der Waals surface area contributed by atoms with E-state index in [4.69, 9.17) is 9.31 Å². The molecule has 7 atom stereocenters. The first kappa shape index (κ1) is 35.1. The van der Waals surface area contributed by atoms with Gasteiger partial charge in [0.1, 0.15) is 12.1 Å². The van der Waals surface area contributed by atoms with Crippen LogP contribution in [0.25, 0.3) is 0 Å². The molecule has 5 aliphatic rings. The Hall–Kier alpha value is -3.70. The van der Waals surface area contributed by atoms with Gasteiger partial charge < -0.3 is 24.8 Å². The highest BCUT2D eigenvalue weighted by Gasteiger charge is 2.68. The van der Waals surface area contributed by atoms with Gasteiger partial charge in [-0.3, -0.25) is 14.4 Å². The van der Waals surface area contributed by atoms with Gasteiger partial charge in [0.05, 0.1) is 24.2 Å². The number of aryl methyl sites for hydroxylation is 1. The predicted octanol–water partition coefficient (Wildman–Crippen LogP) is 4.87. The molecule has 262 valence electrons. The number of amides is 5. The normalized spacial score (nSPS) is 28.1. The highest BCUT2D eigenvalue weighted by Crippen LogP contribution is 2.65. The number of carbonyl (C=O) groups is 4. The second-order valence-electron chi connectivity index (χ2n) is 15.5. The Morgan fingerprint density at radius 1 is 0.980 bits per heavy atom. The molecule has 5 fully saturated rings. The van der Waals surface area contributed by atoms with Crippen molar-refractivity contribution in [2.24, 2.45) is 23.2 Å². The number of rotatable bonds is 12. The molecule has 2 aromatic carbocycles. The first-order chi connectivity index (χ1) is 23.3. The van der Waals surface area contributed by atoms with Gasteiger partial charge in [0.25, 0.3) is 11.8 Å². The van der Waals surface area contributed by atoms with Crippen molar-refractivity contribution >= 4 is 30.9 Å². The molecule has 7 rings (SSSR count). The van der Waals surface area contributed by atoms with Crippen LogP contribution < -0.4 is 10.6 Å². The molecule has 2 bridgehead atoms. The summed E-state index contributed by atoms with van der Waals surface area (Å²) in [6.45, 7) is 12.8. The maximum Gasteiger partial charge on any atom is 0.481 e. The minimum atomic E-state index is -1.08. The second kappa shape index (κ2) is 13.9.